The van der Waals surface area contributed by atoms with Crippen LogP contribution in [0.3, 0.4) is 0 Å². The van der Waals surface area contributed by atoms with Crippen molar-refractivity contribution in [3.8, 4) is 0 Å². The van der Waals surface area contributed by atoms with Crippen LogP contribution in [-0.4, -0.2) is 37.8 Å². The minimum atomic E-state index is 0.0887. The van der Waals surface area contributed by atoms with Gasteiger partial charge in [-0.3, -0.25) is 0 Å². The maximum absolute atomic E-state index is 10.6. The molecule has 0 fully saturated rings. The molecule has 0 saturated carbocycles. The van der Waals surface area contributed by atoms with Gasteiger partial charge in [0.05, 0.1) is 0 Å². The van der Waals surface area contributed by atoms with Gasteiger partial charge in [-0.05, 0) is 0 Å². The summed E-state index contributed by atoms with van der Waals surface area (Å²) in [6.45, 7) is 7.33. The summed E-state index contributed by atoms with van der Waals surface area (Å²) in [5.41, 5.74) is 3.51. The number of aryl methyl sites for hydroxylation is 1. The van der Waals surface area contributed by atoms with Crippen LogP contribution >= 0.6 is 27.7 Å². The molecular weight excluding hydrogens is 441 g/mol. The Morgan fingerprint density at radius 3 is 2.78 bits per heavy atom. The average Bonchev–Trinajstić information content (AvgIpc) is 2.93. The van der Waals surface area contributed by atoms with E-state index < -0.39 is 0 Å². The number of aromatic nitrogens is 1. The summed E-state index contributed by atoms with van der Waals surface area (Å²) in [6, 6.07) is 6.47. The van der Waals surface area contributed by atoms with Crippen molar-refractivity contribution in [3.05, 3.63) is 49.0 Å². The molecule has 2 rings (SSSR count). The van der Waals surface area contributed by atoms with Crippen molar-refractivity contribution in [3.63, 3.8) is 0 Å². The number of rotatable bonds is 8. The summed E-state index contributed by atoms with van der Waals surface area (Å²) >= 11 is 5.85. The molecule has 1 heterocycles. The fraction of sp³-hybridized carbons (Fsp3) is 0.412. The summed E-state index contributed by atoms with van der Waals surface area (Å²) in [6.07, 6.45) is 0. The molecule has 23 heavy (non-hydrogen) atoms. The van der Waals surface area contributed by atoms with Crippen LogP contribution in [-0.2, 0) is 15.3 Å². The topological polar surface area (TPSA) is 39.2 Å². The van der Waals surface area contributed by atoms with Gasteiger partial charge in [0.1, 0.15) is 0 Å². The SMILES string of the molecule is Cc1nc[se]c1C(COC=O)c1ccc(CSC(C)C)c(Br)c1. The first-order valence-electron chi connectivity index (χ1n) is 7.38. The van der Waals surface area contributed by atoms with Gasteiger partial charge >= 0.3 is 156 Å². The van der Waals surface area contributed by atoms with Gasteiger partial charge in [-0.2, -0.15) is 0 Å². The molecule has 0 radical (unpaired) electrons. The molecular formula is C17H20BrNO2SSe. The molecule has 1 aromatic heterocycles. The monoisotopic (exact) mass is 461 g/mol. The Balaban J connectivity index is 2.27. The van der Waals surface area contributed by atoms with E-state index in [1.807, 2.05) is 23.8 Å². The Morgan fingerprint density at radius 2 is 2.22 bits per heavy atom. The van der Waals surface area contributed by atoms with Crippen LogP contribution in [0.4, 0.5) is 0 Å². The third-order valence-electron chi connectivity index (χ3n) is 3.48. The van der Waals surface area contributed by atoms with Crippen LogP contribution in [0.5, 0.6) is 0 Å². The first-order chi connectivity index (χ1) is 11.0. The zero-order valence-electron chi connectivity index (χ0n) is 13.4. The molecule has 1 unspecified atom stereocenters. The maximum atomic E-state index is 10.6. The van der Waals surface area contributed by atoms with Crippen LogP contribution in [0.2, 0.25) is 0 Å². The van der Waals surface area contributed by atoms with Gasteiger partial charge in [-0.25, -0.2) is 0 Å². The molecule has 0 aliphatic heterocycles. The Bertz CT molecular complexity index is 660. The fourth-order valence-corrected chi connectivity index (χ4v) is 5.67. The first-order valence-corrected chi connectivity index (χ1v) is 11.1. The Kier molecular flexibility index (Phi) is 7.41. The molecule has 0 spiro atoms. The molecule has 0 saturated heterocycles. The van der Waals surface area contributed by atoms with Crippen LogP contribution in [0, 0.1) is 6.92 Å². The van der Waals surface area contributed by atoms with Gasteiger partial charge in [-0.15, -0.1) is 0 Å². The second kappa shape index (κ2) is 9.07. The summed E-state index contributed by atoms with van der Waals surface area (Å²) in [7, 11) is 0. The van der Waals surface area contributed by atoms with Gasteiger partial charge in [0.15, 0.2) is 0 Å². The van der Waals surface area contributed by atoms with Gasteiger partial charge in [0, 0.05) is 0 Å². The predicted octanol–water partition coefficient (Wildman–Crippen LogP) is 4.16. The van der Waals surface area contributed by atoms with Gasteiger partial charge in [-0.1, -0.05) is 0 Å². The van der Waals surface area contributed by atoms with Gasteiger partial charge < -0.3 is 0 Å². The van der Waals surface area contributed by atoms with E-state index in [0.29, 0.717) is 18.3 Å². The average molecular weight is 461 g/mol. The van der Waals surface area contributed by atoms with Crippen molar-refractivity contribution in [1.82, 2.24) is 4.98 Å². The van der Waals surface area contributed by atoms with E-state index in [9.17, 15) is 4.79 Å². The zero-order valence-corrected chi connectivity index (χ0v) is 17.5. The number of benzene rings is 1. The number of hydrogen-bond acceptors (Lipinski definition) is 4. The molecule has 1 aromatic carbocycles. The number of carbonyl (C=O) groups is 1. The second-order valence-corrected chi connectivity index (χ2v) is 9.77. The number of nitrogens with zero attached hydrogens (tertiary/aromatic N) is 1. The van der Waals surface area contributed by atoms with Crippen molar-refractivity contribution in [2.45, 2.75) is 37.7 Å². The van der Waals surface area contributed by atoms with Crippen molar-refractivity contribution in [2.75, 3.05) is 6.61 Å². The molecule has 0 bridgehead atoms. The summed E-state index contributed by atoms with van der Waals surface area (Å²) < 4.78 is 7.48. The molecule has 0 amide bonds. The molecule has 1 atom stereocenters. The van der Waals surface area contributed by atoms with Crippen LogP contribution in [0.25, 0.3) is 0 Å². The molecule has 0 aliphatic rings. The van der Waals surface area contributed by atoms with Crippen molar-refractivity contribution in [1.29, 1.82) is 0 Å². The predicted molar refractivity (Wildman–Crippen MR) is 100 cm³/mol. The Morgan fingerprint density at radius 1 is 1.43 bits per heavy atom. The number of hydrogen-bond donors (Lipinski definition) is 0. The zero-order chi connectivity index (χ0) is 16.8. The van der Waals surface area contributed by atoms with E-state index in [4.69, 9.17) is 4.74 Å². The molecule has 124 valence electrons. The van der Waals surface area contributed by atoms with E-state index >= 15 is 0 Å². The van der Waals surface area contributed by atoms with Gasteiger partial charge in [0.2, 0.25) is 0 Å². The van der Waals surface area contributed by atoms with E-state index in [1.165, 1.54) is 15.6 Å². The number of ether oxygens (including phenoxy) is 1. The second-order valence-electron chi connectivity index (χ2n) is 5.49. The first kappa shape index (κ1) is 18.8. The normalized spacial score (nSPS) is 12.4. The van der Waals surface area contributed by atoms with E-state index in [1.54, 1.807) is 0 Å². The summed E-state index contributed by atoms with van der Waals surface area (Å²) in [5.74, 6) is 1.08. The number of halogens is 1. The summed E-state index contributed by atoms with van der Waals surface area (Å²) in [4.78, 5) is 15.0. The summed E-state index contributed by atoms with van der Waals surface area (Å²) in [5, 5.41) is 2.59. The van der Waals surface area contributed by atoms with Crippen LogP contribution in [0.15, 0.2) is 27.7 Å². The van der Waals surface area contributed by atoms with E-state index in [2.05, 4.69) is 53.0 Å². The molecule has 2 aromatic rings. The molecule has 3 nitrogen and oxygen atoms in total. The van der Waals surface area contributed by atoms with Crippen LogP contribution < -0.4 is 0 Å². The molecule has 0 aliphatic carbocycles. The standard InChI is InChI=1S/C17H20BrNO2SSe/c1-11(2)22-8-14-5-4-13(6-16(14)18)15(7-21-10-20)17-12(3)19-9-23-17/h4-6,9-11,15H,7-8H2,1-3H3. The Hall–Kier alpha value is -0.551. The molecule has 0 N–H and O–H groups in total. The fourth-order valence-electron chi connectivity index (χ4n) is 2.26. The van der Waals surface area contributed by atoms with Crippen molar-refractivity contribution in [2.24, 2.45) is 0 Å². The number of carbonyl (C=O) groups excluding carboxylic acids is 1. The van der Waals surface area contributed by atoms with E-state index in [0.717, 1.165) is 15.9 Å². The van der Waals surface area contributed by atoms with Crippen molar-refractivity contribution < 1.29 is 9.53 Å². The molecule has 6 heteroatoms. The third-order valence-corrected chi connectivity index (χ3v) is 7.56. The third kappa shape index (κ3) is 5.21. The van der Waals surface area contributed by atoms with Crippen LogP contribution in [0.1, 0.15) is 41.0 Å². The minimum absolute atomic E-state index is 0.0887. The number of thioether (sulfide) groups is 1. The van der Waals surface area contributed by atoms with E-state index in [-0.39, 0.29) is 20.4 Å². The quantitative estimate of drug-likeness (QED) is 0.438. The van der Waals surface area contributed by atoms with Crippen molar-refractivity contribution >= 4 is 48.7 Å². The Labute approximate surface area is 156 Å². The van der Waals surface area contributed by atoms with Gasteiger partial charge in [0.25, 0.3) is 0 Å².